The highest BCUT2D eigenvalue weighted by Gasteiger charge is 2.33. The molecule has 1 N–H and O–H groups in total. The Morgan fingerprint density at radius 2 is 1.66 bits per heavy atom. The lowest BCUT2D eigenvalue weighted by molar-refractivity contribution is -0.139. The first-order valence-corrected chi connectivity index (χ1v) is 12.5. The van der Waals surface area contributed by atoms with E-state index in [9.17, 15) is 22.4 Å². The molecule has 10 heteroatoms. The zero-order valence-corrected chi connectivity index (χ0v) is 20.8. The molecule has 0 fully saturated rings. The molecular formula is C25H25ClFN3O4S. The molecule has 0 saturated carbocycles. The van der Waals surface area contributed by atoms with Crippen molar-refractivity contribution in [1.82, 2.24) is 10.2 Å². The van der Waals surface area contributed by atoms with Crippen molar-refractivity contribution in [2.45, 2.75) is 24.4 Å². The predicted octanol–water partition coefficient (Wildman–Crippen LogP) is 3.84. The molecule has 3 rings (SSSR count). The Morgan fingerprint density at radius 1 is 1.00 bits per heavy atom. The van der Waals surface area contributed by atoms with Crippen LogP contribution in [0.1, 0.15) is 12.5 Å². The van der Waals surface area contributed by atoms with Crippen molar-refractivity contribution in [3.05, 3.63) is 95.3 Å². The molecule has 0 aromatic heterocycles. The number of hydrogen-bond donors (Lipinski definition) is 1. The van der Waals surface area contributed by atoms with Crippen molar-refractivity contribution < 1.29 is 22.4 Å². The van der Waals surface area contributed by atoms with Crippen LogP contribution in [0.15, 0.2) is 83.8 Å². The Kier molecular flexibility index (Phi) is 8.48. The molecule has 184 valence electrons. The van der Waals surface area contributed by atoms with E-state index in [1.165, 1.54) is 61.3 Å². The molecule has 0 aliphatic heterocycles. The Hall–Kier alpha value is -3.43. The van der Waals surface area contributed by atoms with Gasteiger partial charge in [0.15, 0.2) is 0 Å². The number of carbonyl (C=O) groups is 2. The van der Waals surface area contributed by atoms with E-state index < -0.39 is 40.2 Å². The Balaban J connectivity index is 2.04. The molecule has 0 aliphatic carbocycles. The molecule has 0 heterocycles. The van der Waals surface area contributed by atoms with Gasteiger partial charge < -0.3 is 10.2 Å². The second kappa shape index (κ2) is 11.3. The first kappa shape index (κ1) is 26.2. The summed E-state index contributed by atoms with van der Waals surface area (Å²) in [5, 5.41) is 2.94. The maximum atomic E-state index is 14.8. The van der Waals surface area contributed by atoms with Gasteiger partial charge in [-0.1, -0.05) is 54.1 Å². The molecule has 3 aromatic rings. The fourth-order valence-corrected chi connectivity index (χ4v) is 5.17. The van der Waals surface area contributed by atoms with Crippen LogP contribution in [-0.2, 0) is 26.2 Å². The summed E-state index contributed by atoms with van der Waals surface area (Å²) < 4.78 is 42.5. The van der Waals surface area contributed by atoms with Gasteiger partial charge in [0.05, 0.1) is 10.6 Å². The van der Waals surface area contributed by atoms with E-state index in [4.69, 9.17) is 11.6 Å². The van der Waals surface area contributed by atoms with Gasteiger partial charge in [-0.2, -0.15) is 0 Å². The number of carbonyl (C=O) groups excluding carboxylic acids is 2. The van der Waals surface area contributed by atoms with Crippen LogP contribution >= 0.6 is 11.6 Å². The average molecular weight is 518 g/mol. The largest absolute Gasteiger partial charge is 0.357 e. The summed E-state index contributed by atoms with van der Waals surface area (Å²) in [5.41, 5.74) is 0.366. The van der Waals surface area contributed by atoms with Crippen LogP contribution in [0.5, 0.6) is 0 Å². The fourth-order valence-electron chi connectivity index (χ4n) is 3.51. The Labute approximate surface area is 209 Å². The highest BCUT2D eigenvalue weighted by atomic mass is 35.5. The van der Waals surface area contributed by atoms with Crippen LogP contribution in [0.2, 0.25) is 5.02 Å². The summed E-state index contributed by atoms with van der Waals surface area (Å²) in [5.74, 6) is -1.94. The first-order valence-electron chi connectivity index (χ1n) is 10.7. The predicted molar refractivity (Wildman–Crippen MR) is 133 cm³/mol. The van der Waals surface area contributed by atoms with Crippen molar-refractivity contribution in [3.63, 3.8) is 0 Å². The van der Waals surface area contributed by atoms with Crippen molar-refractivity contribution in [2.75, 3.05) is 17.9 Å². The Morgan fingerprint density at radius 3 is 2.29 bits per heavy atom. The summed E-state index contributed by atoms with van der Waals surface area (Å²) in [6, 6.07) is 18.6. The lowest BCUT2D eigenvalue weighted by Crippen LogP contribution is -2.50. The lowest BCUT2D eigenvalue weighted by atomic mass is 10.1. The van der Waals surface area contributed by atoms with Gasteiger partial charge in [0, 0.05) is 18.6 Å². The second-order valence-electron chi connectivity index (χ2n) is 7.72. The number of nitrogens with zero attached hydrogens (tertiary/aromatic N) is 2. The maximum Gasteiger partial charge on any atom is 0.264 e. The van der Waals surface area contributed by atoms with Gasteiger partial charge in [0.1, 0.15) is 18.4 Å². The van der Waals surface area contributed by atoms with Gasteiger partial charge >= 0.3 is 0 Å². The minimum atomic E-state index is -4.31. The molecule has 7 nitrogen and oxygen atoms in total. The summed E-state index contributed by atoms with van der Waals surface area (Å²) in [6.07, 6.45) is 0. The average Bonchev–Trinajstić information content (AvgIpc) is 2.85. The van der Waals surface area contributed by atoms with Gasteiger partial charge in [-0.15, -0.1) is 0 Å². The van der Waals surface area contributed by atoms with Crippen molar-refractivity contribution in [1.29, 1.82) is 0 Å². The summed E-state index contributed by atoms with van der Waals surface area (Å²) in [4.78, 5) is 27.1. The molecular weight excluding hydrogens is 493 g/mol. The highest BCUT2D eigenvalue weighted by Crippen LogP contribution is 2.27. The lowest BCUT2D eigenvalue weighted by Gasteiger charge is -2.31. The highest BCUT2D eigenvalue weighted by molar-refractivity contribution is 7.92. The monoisotopic (exact) mass is 517 g/mol. The summed E-state index contributed by atoms with van der Waals surface area (Å²) in [6.45, 7) is 0.797. The number of benzene rings is 3. The van der Waals surface area contributed by atoms with E-state index in [-0.39, 0.29) is 17.1 Å². The molecule has 0 aliphatic rings. The molecule has 35 heavy (non-hydrogen) atoms. The van der Waals surface area contributed by atoms with E-state index in [1.807, 2.05) is 0 Å². The normalized spacial score (nSPS) is 12.0. The smallest absolute Gasteiger partial charge is 0.264 e. The number of likely N-dealkylation sites (N-methyl/N-ethyl adjacent to an activating group) is 1. The van der Waals surface area contributed by atoms with E-state index >= 15 is 0 Å². The SMILES string of the molecule is CNC(=O)C(C)N(Cc1cccc(Cl)c1)C(=O)CN(c1ccccc1F)S(=O)(=O)c1ccccc1. The molecule has 3 aromatic carbocycles. The van der Waals surface area contributed by atoms with E-state index in [0.29, 0.717) is 10.6 Å². The Bertz CT molecular complexity index is 1300. The zero-order chi connectivity index (χ0) is 25.6. The van der Waals surface area contributed by atoms with Crippen LogP contribution in [0, 0.1) is 5.82 Å². The van der Waals surface area contributed by atoms with Gasteiger partial charge in [-0.25, -0.2) is 12.8 Å². The minimum absolute atomic E-state index is 0.00945. The molecule has 1 unspecified atom stereocenters. The maximum absolute atomic E-state index is 14.8. The first-order chi connectivity index (χ1) is 16.6. The third kappa shape index (κ3) is 6.17. The second-order valence-corrected chi connectivity index (χ2v) is 10.0. The van der Waals surface area contributed by atoms with Crippen LogP contribution in [0.4, 0.5) is 10.1 Å². The topological polar surface area (TPSA) is 86.8 Å². The van der Waals surface area contributed by atoms with Gasteiger partial charge in [0.2, 0.25) is 11.8 Å². The quantitative estimate of drug-likeness (QED) is 0.467. The third-order valence-electron chi connectivity index (χ3n) is 5.39. The number of nitrogens with one attached hydrogen (secondary N) is 1. The summed E-state index contributed by atoms with van der Waals surface area (Å²) in [7, 11) is -2.88. The van der Waals surface area contributed by atoms with E-state index in [1.54, 1.807) is 30.3 Å². The van der Waals surface area contributed by atoms with Gasteiger partial charge in [0.25, 0.3) is 10.0 Å². The van der Waals surface area contributed by atoms with Gasteiger partial charge in [-0.3, -0.25) is 13.9 Å². The van der Waals surface area contributed by atoms with E-state index in [0.717, 1.165) is 10.4 Å². The minimum Gasteiger partial charge on any atom is -0.357 e. The van der Waals surface area contributed by atoms with Gasteiger partial charge in [-0.05, 0) is 48.9 Å². The third-order valence-corrected chi connectivity index (χ3v) is 7.40. The molecule has 0 spiro atoms. The van der Waals surface area contributed by atoms with Crippen LogP contribution < -0.4 is 9.62 Å². The number of sulfonamides is 1. The molecule has 0 saturated heterocycles. The number of halogens is 2. The number of hydrogen-bond acceptors (Lipinski definition) is 4. The van der Waals surface area contributed by atoms with Crippen LogP contribution in [-0.4, -0.2) is 44.8 Å². The van der Waals surface area contributed by atoms with Crippen molar-refractivity contribution in [3.8, 4) is 0 Å². The molecule has 2 amide bonds. The number of amides is 2. The van der Waals surface area contributed by atoms with Crippen molar-refractivity contribution in [2.24, 2.45) is 0 Å². The van der Waals surface area contributed by atoms with E-state index in [2.05, 4.69) is 5.32 Å². The number of para-hydroxylation sites is 1. The summed E-state index contributed by atoms with van der Waals surface area (Å²) >= 11 is 6.07. The van der Waals surface area contributed by atoms with Crippen LogP contribution in [0.25, 0.3) is 0 Å². The molecule has 0 radical (unpaired) electrons. The van der Waals surface area contributed by atoms with Crippen molar-refractivity contribution >= 4 is 39.1 Å². The number of anilines is 1. The van der Waals surface area contributed by atoms with Crippen LogP contribution in [0.3, 0.4) is 0 Å². The number of rotatable bonds is 9. The fraction of sp³-hybridized carbons (Fsp3) is 0.200. The standard InChI is InChI=1S/C25H25ClFN3O4S/c1-18(25(32)28-2)29(16-19-9-8-10-20(26)15-19)24(31)17-30(23-14-7-6-13-22(23)27)35(33,34)21-11-4-3-5-12-21/h3-15,18H,16-17H2,1-2H3,(H,28,32). The molecule has 0 bridgehead atoms. The molecule has 1 atom stereocenters. The zero-order valence-electron chi connectivity index (χ0n) is 19.2.